The molecule has 1 aliphatic rings. The summed E-state index contributed by atoms with van der Waals surface area (Å²) in [6, 6.07) is 8.08. The molecule has 1 aromatic carbocycles. The fraction of sp³-hybridized carbons (Fsp3) is 0.450. The second-order valence-corrected chi connectivity index (χ2v) is 7.61. The summed E-state index contributed by atoms with van der Waals surface area (Å²) in [7, 11) is 0. The van der Waals surface area contributed by atoms with E-state index < -0.39 is 17.5 Å². The first-order valence-corrected chi connectivity index (χ1v) is 9.10. The van der Waals surface area contributed by atoms with Gasteiger partial charge in [0.1, 0.15) is 5.60 Å². The van der Waals surface area contributed by atoms with Crippen molar-refractivity contribution in [1.29, 1.82) is 0 Å². The Balaban J connectivity index is 0.000000409. The van der Waals surface area contributed by atoms with Crippen molar-refractivity contribution in [2.75, 3.05) is 13.1 Å². The number of fused-ring (bicyclic) bond motifs is 1. The molecule has 3 N–H and O–H groups in total. The van der Waals surface area contributed by atoms with Gasteiger partial charge in [-0.3, -0.25) is 4.57 Å². The van der Waals surface area contributed by atoms with Gasteiger partial charge in [-0.2, -0.15) is 0 Å². The van der Waals surface area contributed by atoms with Crippen molar-refractivity contribution in [1.82, 2.24) is 9.88 Å². The van der Waals surface area contributed by atoms with E-state index in [0.717, 1.165) is 30.4 Å². The molecule has 0 spiro atoms. The third-order valence-electron chi connectivity index (χ3n) is 4.25. The normalized spacial score (nSPS) is 16.8. The van der Waals surface area contributed by atoms with E-state index in [9.17, 15) is 4.79 Å². The van der Waals surface area contributed by atoms with Gasteiger partial charge in [0.15, 0.2) is 0 Å². The average Bonchev–Trinajstić information content (AvgIpc) is 3.01. The van der Waals surface area contributed by atoms with Crippen LogP contribution in [0.2, 0.25) is 0 Å². The summed E-state index contributed by atoms with van der Waals surface area (Å²) in [5.74, 6) is -3.19. The molecule has 1 unspecified atom stereocenters. The fourth-order valence-electron chi connectivity index (χ4n) is 3.11. The standard InChI is InChI=1S/C18H24N2O2.C2H2O4/c1-18(2,3)22-17(21)20-12-15(13-7-6-10-19-11-13)14-8-4-5-9-16(14)20;3-1(4)2(5)6/h4-5,8-9,12-13,19H,6-7,10-11H2,1-3H3;(H,3,4)(H,5,6). The number of nitrogens with one attached hydrogen (secondary N) is 1. The number of piperidine rings is 1. The van der Waals surface area contributed by atoms with Crippen LogP contribution in [0.5, 0.6) is 0 Å². The number of carboxylic acid groups (broad SMARTS) is 2. The van der Waals surface area contributed by atoms with Crippen LogP contribution in [-0.4, -0.2) is 51.5 Å². The van der Waals surface area contributed by atoms with Crippen molar-refractivity contribution in [3.63, 3.8) is 0 Å². The number of para-hydroxylation sites is 1. The summed E-state index contributed by atoms with van der Waals surface area (Å²) >= 11 is 0. The van der Waals surface area contributed by atoms with E-state index in [0.29, 0.717) is 5.92 Å². The van der Waals surface area contributed by atoms with Crippen molar-refractivity contribution in [3.8, 4) is 0 Å². The predicted molar refractivity (Wildman–Crippen MR) is 104 cm³/mol. The van der Waals surface area contributed by atoms with Gasteiger partial charge in [-0.05, 0) is 57.7 Å². The van der Waals surface area contributed by atoms with Crippen LogP contribution in [0.25, 0.3) is 10.9 Å². The molecular formula is C20H26N2O6. The number of carboxylic acids is 2. The van der Waals surface area contributed by atoms with Gasteiger partial charge in [0, 0.05) is 18.1 Å². The predicted octanol–water partition coefficient (Wildman–Crippen LogP) is 3.05. The zero-order valence-corrected chi connectivity index (χ0v) is 16.3. The highest BCUT2D eigenvalue weighted by Crippen LogP contribution is 2.32. The zero-order chi connectivity index (χ0) is 20.9. The maximum absolute atomic E-state index is 12.5. The van der Waals surface area contributed by atoms with Crippen LogP contribution in [0, 0.1) is 0 Å². The number of rotatable bonds is 1. The second-order valence-electron chi connectivity index (χ2n) is 7.61. The molecule has 1 saturated heterocycles. The van der Waals surface area contributed by atoms with E-state index in [4.69, 9.17) is 24.5 Å². The average molecular weight is 390 g/mol. The largest absolute Gasteiger partial charge is 0.473 e. The van der Waals surface area contributed by atoms with Crippen LogP contribution in [0.4, 0.5) is 4.79 Å². The lowest BCUT2D eigenvalue weighted by molar-refractivity contribution is -0.159. The SMILES string of the molecule is CC(C)(C)OC(=O)n1cc(C2CCCNC2)c2ccccc21.O=C(O)C(=O)O. The highest BCUT2D eigenvalue weighted by molar-refractivity contribution is 6.27. The van der Waals surface area contributed by atoms with Crippen molar-refractivity contribution in [2.45, 2.75) is 45.1 Å². The third kappa shape index (κ3) is 5.56. The van der Waals surface area contributed by atoms with Crippen molar-refractivity contribution in [2.24, 2.45) is 0 Å². The number of aromatic nitrogens is 1. The molecule has 3 rings (SSSR count). The molecule has 2 aromatic rings. The number of aliphatic carboxylic acids is 2. The topological polar surface area (TPSA) is 118 Å². The van der Waals surface area contributed by atoms with Crippen molar-refractivity contribution < 1.29 is 29.3 Å². The first-order chi connectivity index (χ1) is 13.1. The van der Waals surface area contributed by atoms with Gasteiger partial charge in [-0.25, -0.2) is 14.4 Å². The van der Waals surface area contributed by atoms with Crippen molar-refractivity contribution in [3.05, 3.63) is 36.0 Å². The molecule has 8 heteroatoms. The van der Waals surface area contributed by atoms with Gasteiger partial charge in [0.2, 0.25) is 0 Å². The third-order valence-corrected chi connectivity index (χ3v) is 4.25. The molecule has 1 fully saturated rings. The Hall–Kier alpha value is -2.87. The molecule has 0 radical (unpaired) electrons. The molecule has 152 valence electrons. The van der Waals surface area contributed by atoms with E-state index >= 15 is 0 Å². The Kier molecular flexibility index (Phi) is 6.80. The molecule has 0 saturated carbocycles. The molecule has 0 bridgehead atoms. The number of ether oxygens (including phenoxy) is 1. The number of nitrogens with zero attached hydrogens (tertiary/aromatic N) is 1. The summed E-state index contributed by atoms with van der Waals surface area (Å²) < 4.78 is 7.20. The molecule has 28 heavy (non-hydrogen) atoms. The molecule has 1 aromatic heterocycles. The minimum absolute atomic E-state index is 0.307. The van der Waals surface area contributed by atoms with Gasteiger partial charge in [0.25, 0.3) is 0 Å². The summed E-state index contributed by atoms with van der Waals surface area (Å²) in [6.45, 7) is 7.73. The molecule has 0 amide bonds. The molecule has 2 heterocycles. The van der Waals surface area contributed by atoms with Gasteiger partial charge >= 0.3 is 18.0 Å². The minimum Gasteiger partial charge on any atom is -0.473 e. The Bertz CT molecular complexity index is 847. The van der Waals surface area contributed by atoms with E-state index in [1.54, 1.807) is 4.57 Å². The van der Waals surface area contributed by atoms with E-state index in [1.807, 2.05) is 45.2 Å². The molecule has 8 nitrogen and oxygen atoms in total. The number of hydrogen-bond donors (Lipinski definition) is 3. The highest BCUT2D eigenvalue weighted by atomic mass is 16.6. The smallest absolute Gasteiger partial charge is 0.419 e. The molecule has 1 aliphatic heterocycles. The number of hydrogen-bond acceptors (Lipinski definition) is 5. The maximum Gasteiger partial charge on any atom is 0.419 e. The van der Waals surface area contributed by atoms with Crippen molar-refractivity contribution >= 4 is 28.9 Å². The number of carbonyl (C=O) groups is 3. The van der Waals surface area contributed by atoms with Crippen LogP contribution in [0.15, 0.2) is 30.5 Å². The first kappa shape index (κ1) is 21.4. The van der Waals surface area contributed by atoms with Crippen LogP contribution in [0.1, 0.15) is 45.1 Å². The summed E-state index contributed by atoms with van der Waals surface area (Å²) in [5.41, 5.74) is 1.68. The summed E-state index contributed by atoms with van der Waals surface area (Å²) in [6.07, 6.45) is 4.00. The summed E-state index contributed by atoms with van der Waals surface area (Å²) in [5, 5.41) is 19.4. The Morgan fingerprint density at radius 2 is 1.79 bits per heavy atom. The Morgan fingerprint density at radius 1 is 1.14 bits per heavy atom. The monoisotopic (exact) mass is 390 g/mol. The lowest BCUT2D eigenvalue weighted by atomic mass is 9.91. The maximum atomic E-state index is 12.5. The zero-order valence-electron chi connectivity index (χ0n) is 16.3. The lowest BCUT2D eigenvalue weighted by Gasteiger charge is -2.22. The van der Waals surface area contributed by atoms with E-state index in [-0.39, 0.29) is 6.09 Å². The quantitative estimate of drug-likeness (QED) is 0.641. The highest BCUT2D eigenvalue weighted by Gasteiger charge is 2.24. The van der Waals surface area contributed by atoms with Crippen LogP contribution in [0.3, 0.4) is 0 Å². The molecular weight excluding hydrogens is 364 g/mol. The van der Waals surface area contributed by atoms with Gasteiger partial charge in [-0.15, -0.1) is 0 Å². The van der Waals surface area contributed by atoms with Gasteiger partial charge in [-0.1, -0.05) is 18.2 Å². The van der Waals surface area contributed by atoms with Crippen LogP contribution < -0.4 is 5.32 Å². The number of carbonyl (C=O) groups excluding carboxylic acids is 1. The summed E-state index contributed by atoms with van der Waals surface area (Å²) in [4.78, 5) is 30.7. The number of benzene rings is 1. The molecule has 1 atom stereocenters. The van der Waals surface area contributed by atoms with Gasteiger partial charge < -0.3 is 20.3 Å². The second kappa shape index (κ2) is 8.88. The Morgan fingerprint density at radius 3 is 2.32 bits per heavy atom. The fourth-order valence-corrected chi connectivity index (χ4v) is 3.11. The minimum atomic E-state index is -1.82. The van der Waals surface area contributed by atoms with Crippen LogP contribution in [-0.2, 0) is 14.3 Å². The first-order valence-electron chi connectivity index (χ1n) is 9.10. The van der Waals surface area contributed by atoms with E-state index in [2.05, 4.69) is 11.4 Å². The van der Waals surface area contributed by atoms with E-state index in [1.165, 1.54) is 12.0 Å². The van der Waals surface area contributed by atoms with Gasteiger partial charge in [0.05, 0.1) is 5.52 Å². The van der Waals surface area contributed by atoms with Crippen LogP contribution >= 0.6 is 0 Å². The Labute approximate surface area is 163 Å². The molecule has 0 aliphatic carbocycles. The lowest BCUT2D eigenvalue weighted by Crippen LogP contribution is -2.28.